The van der Waals surface area contributed by atoms with Gasteiger partial charge in [0.1, 0.15) is 11.0 Å². The third kappa shape index (κ3) is 1.72. The molecule has 1 saturated carbocycles. The number of aromatic nitrogens is 2. The van der Waals surface area contributed by atoms with Crippen molar-refractivity contribution in [1.29, 1.82) is 0 Å². The van der Waals surface area contributed by atoms with Gasteiger partial charge in [0.25, 0.3) is 0 Å². The lowest BCUT2D eigenvalue weighted by Gasteiger charge is -2.16. The second kappa shape index (κ2) is 3.95. The van der Waals surface area contributed by atoms with Crippen molar-refractivity contribution in [2.24, 2.45) is 0 Å². The minimum atomic E-state index is -0.531. The molecule has 0 radical (unpaired) electrons. The highest BCUT2D eigenvalue weighted by Gasteiger charge is 2.42. The average molecular weight is 302 g/mol. The number of halogens is 1. The maximum atomic E-state index is 12.4. The lowest BCUT2D eigenvalue weighted by Crippen LogP contribution is -2.33. The first kappa shape index (κ1) is 13.0. The molecule has 2 heterocycles. The fraction of sp³-hybridized carbons (Fsp3) is 0.438. The van der Waals surface area contributed by atoms with Gasteiger partial charge in [-0.2, -0.15) is 0 Å². The van der Waals surface area contributed by atoms with Crippen molar-refractivity contribution >= 4 is 34.1 Å². The second-order valence-electron chi connectivity index (χ2n) is 6.52. The molecule has 4 nitrogen and oxygen atoms in total. The van der Waals surface area contributed by atoms with E-state index in [0.717, 1.165) is 40.8 Å². The van der Waals surface area contributed by atoms with Crippen LogP contribution < -0.4 is 4.90 Å². The van der Waals surface area contributed by atoms with Crippen molar-refractivity contribution in [3.63, 3.8) is 0 Å². The Bertz CT molecular complexity index is 796. The van der Waals surface area contributed by atoms with E-state index in [-0.39, 0.29) is 5.91 Å². The van der Waals surface area contributed by atoms with Crippen LogP contribution in [0.3, 0.4) is 0 Å². The molecule has 0 atom stereocenters. The number of hydrogen-bond acceptors (Lipinski definition) is 3. The van der Waals surface area contributed by atoms with Gasteiger partial charge in [0.2, 0.25) is 5.91 Å². The van der Waals surface area contributed by atoms with Crippen molar-refractivity contribution in [3.8, 4) is 0 Å². The predicted octanol–water partition coefficient (Wildman–Crippen LogP) is 3.41. The molecule has 0 saturated heterocycles. The zero-order chi connectivity index (χ0) is 14.9. The molecule has 0 bridgehead atoms. The van der Waals surface area contributed by atoms with Crippen molar-refractivity contribution < 1.29 is 4.79 Å². The van der Waals surface area contributed by atoms with Gasteiger partial charge >= 0.3 is 0 Å². The number of likely N-dealkylation sites (N-methyl/N-ethyl adjacent to an activating group) is 1. The van der Waals surface area contributed by atoms with Gasteiger partial charge in [0.15, 0.2) is 0 Å². The van der Waals surface area contributed by atoms with E-state index >= 15 is 0 Å². The predicted molar refractivity (Wildman–Crippen MR) is 83.0 cm³/mol. The van der Waals surface area contributed by atoms with Gasteiger partial charge in [-0.1, -0.05) is 11.6 Å². The van der Waals surface area contributed by atoms with Crippen molar-refractivity contribution in [2.75, 3.05) is 11.9 Å². The van der Waals surface area contributed by atoms with Gasteiger partial charge in [-0.25, -0.2) is 9.97 Å². The van der Waals surface area contributed by atoms with Crippen LogP contribution in [0, 0.1) is 0 Å². The Morgan fingerprint density at radius 1 is 1.29 bits per heavy atom. The molecule has 1 aliphatic carbocycles. The molecule has 0 spiro atoms. The Balaban J connectivity index is 2.00. The zero-order valence-electron chi connectivity index (χ0n) is 12.3. The van der Waals surface area contributed by atoms with Crippen LogP contribution in [0.1, 0.15) is 44.0 Å². The summed E-state index contributed by atoms with van der Waals surface area (Å²) in [6, 6.07) is 3.95. The van der Waals surface area contributed by atoms with Crippen molar-refractivity contribution in [3.05, 3.63) is 28.7 Å². The molecule has 1 aromatic heterocycles. The minimum Gasteiger partial charge on any atom is -0.314 e. The molecule has 0 N–H and O–H groups in total. The van der Waals surface area contributed by atoms with E-state index in [4.69, 9.17) is 11.6 Å². The Hall–Kier alpha value is -1.68. The van der Waals surface area contributed by atoms with Crippen LogP contribution >= 0.6 is 11.6 Å². The summed E-state index contributed by atoms with van der Waals surface area (Å²) < 4.78 is 0. The van der Waals surface area contributed by atoms with E-state index < -0.39 is 5.41 Å². The van der Waals surface area contributed by atoms with E-state index in [1.54, 1.807) is 4.90 Å². The molecule has 2 aliphatic rings. The summed E-state index contributed by atoms with van der Waals surface area (Å²) in [4.78, 5) is 23.2. The summed E-state index contributed by atoms with van der Waals surface area (Å²) in [5, 5.41) is 1.32. The minimum absolute atomic E-state index is 0.0966. The highest BCUT2D eigenvalue weighted by atomic mass is 35.5. The molecule has 1 fully saturated rings. The molecular weight excluding hydrogens is 286 g/mol. The summed E-state index contributed by atoms with van der Waals surface area (Å²) >= 11 is 6.35. The van der Waals surface area contributed by atoms with E-state index in [9.17, 15) is 4.79 Å². The number of amides is 1. The summed E-state index contributed by atoms with van der Waals surface area (Å²) in [6.45, 7) is 3.88. The molecule has 1 amide bonds. The molecular formula is C16H16ClN3O. The van der Waals surface area contributed by atoms with Crippen LogP contribution in [-0.2, 0) is 10.2 Å². The molecule has 1 aliphatic heterocycles. The SMILES string of the molecule is CN1C(=O)C(C)(C)c2cc3c(Cl)nc(C4CC4)nc3cc21. The maximum Gasteiger partial charge on any atom is 0.236 e. The van der Waals surface area contributed by atoms with Crippen molar-refractivity contribution in [2.45, 2.75) is 38.0 Å². The normalized spacial score (nSPS) is 20.2. The topological polar surface area (TPSA) is 46.1 Å². The summed E-state index contributed by atoms with van der Waals surface area (Å²) in [7, 11) is 1.81. The van der Waals surface area contributed by atoms with Crippen molar-refractivity contribution in [1.82, 2.24) is 9.97 Å². The van der Waals surface area contributed by atoms with E-state index in [1.165, 1.54) is 0 Å². The smallest absolute Gasteiger partial charge is 0.236 e. The van der Waals surface area contributed by atoms with E-state index in [0.29, 0.717) is 11.1 Å². The molecule has 1 aromatic carbocycles. The Morgan fingerprint density at radius 2 is 2.00 bits per heavy atom. The maximum absolute atomic E-state index is 12.4. The monoisotopic (exact) mass is 301 g/mol. The first-order valence-electron chi connectivity index (χ1n) is 7.19. The van der Waals surface area contributed by atoms with Gasteiger partial charge in [-0.15, -0.1) is 0 Å². The van der Waals surface area contributed by atoms with Crippen LogP contribution in [-0.4, -0.2) is 22.9 Å². The Kier molecular flexibility index (Phi) is 2.45. The number of fused-ring (bicyclic) bond motifs is 2. The Morgan fingerprint density at radius 3 is 2.67 bits per heavy atom. The zero-order valence-corrected chi connectivity index (χ0v) is 13.0. The quantitative estimate of drug-likeness (QED) is 0.758. The van der Waals surface area contributed by atoms with Gasteiger partial charge in [0.05, 0.1) is 10.9 Å². The number of hydrogen-bond donors (Lipinski definition) is 0. The standard InChI is InChI=1S/C16H16ClN3O/c1-16(2)10-6-9-11(7-12(10)20(3)15(16)21)18-14(8-4-5-8)19-13(9)17/h6-8H,4-5H2,1-3H3. The largest absolute Gasteiger partial charge is 0.314 e. The summed E-state index contributed by atoms with van der Waals surface area (Å²) in [5.41, 5.74) is 2.21. The fourth-order valence-corrected chi connectivity index (χ4v) is 3.33. The van der Waals surface area contributed by atoms with E-state index in [2.05, 4.69) is 9.97 Å². The van der Waals surface area contributed by atoms with Crippen LogP contribution in [0.25, 0.3) is 10.9 Å². The first-order chi connectivity index (χ1) is 9.89. The number of carbonyl (C=O) groups excluding carboxylic acids is 1. The van der Waals surface area contributed by atoms with Crippen LogP contribution in [0.4, 0.5) is 5.69 Å². The van der Waals surface area contributed by atoms with Gasteiger partial charge in [-0.05, 0) is 44.4 Å². The first-order valence-corrected chi connectivity index (χ1v) is 7.57. The molecule has 4 rings (SSSR count). The molecule has 21 heavy (non-hydrogen) atoms. The highest BCUT2D eigenvalue weighted by Crippen LogP contribution is 2.44. The number of rotatable bonds is 1. The summed E-state index contributed by atoms with van der Waals surface area (Å²) in [5.74, 6) is 1.38. The fourth-order valence-electron chi connectivity index (χ4n) is 3.09. The molecule has 5 heteroatoms. The lowest BCUT2D eigenvalue weighted by atomic mass is 9.85. The number of carbonyl (C=O) groups is 1. The lowest BCUT2D eigenvalue weighted by molar-refractivity contribution is -0.121. The third-order valence-electron chi connectivity index (χ3n) is 4.60. The molecule has 108 valence electrons. The molecule has 0 unspecified atom stereocenters. The average Bonchev–Trinajstić information content (AvgIpc) is 3.26. The van der Waals surface area contributed by atoms with Crippen LogP contribution in [0.5, 0.6) is 0 Å². The van der Waals surface area contributed by atoms with Crippen LogP contribution in [0.2, 0.25) is 5.15 Å². The second-order valence-corrected chi connectivity index (χ2v) is 6.88. The van der Waals surface area contributed by atoms with Gasteiger partial charge < -0.3 is 4.90 Å². The van der Waals surface area contributed by atoms with Crippen LogP contribution in [0.15, 0.2) is 12.1 Å². The number of nitrogens with zero attached hydrogens (tertiary/aromatic N) is 3. The van der Waals surface area contributed by atoms with Gasteiger partial charge in [-0.3, -0.25) is 4.79 Å². The third-order valence-corrected chi connectivity index (χ3v) is 4.89. The summed E-state index contributed by atoms with van der Waals surface area (Å²) in [6.07, 6.45) is 2.27. The number of benzene rings is 1. The Labute approximate surface area is 128 Å². The molecule has 2 aromatic rings. The van der Waals surface area contributed by atoms with E-state index in [1.807, 2.05) is 33.0 Å². The number of anilines is 1. The highest BCUT2D eigenvalue weighted by molar-refractivity contribution is 6.34. The van der Waals surface area contributed by atoms with Gasteiger partial charge in [0, 0.05) is 24.0 Å².